The van der Waals surface area contributed by atoms with Crippen LogP contribution < -0.4 is 0 Å². The lowest BCUT2D eigenvalue weighted by molar-refractivity contribution is -0.0574. The van der Waals surface area contributed by atoms with Crippen LogP contribution in [0.4, 0.5) is 0 Å². The van der Waals surface area contributed by atoms with Crippen LogP contribution in [-0.4, -0.2) is 45.7 Å². The number of H-pyrrole nitrogens is 1. The number of rotatable bonds is 8. The van der Waals surface area contributed by atoms with Crippen LogP contribution in [-0.2, 0) is 6.42 Å². The number of nitrogens with zero attached hydrogens (tertiary/aromatic N) is 2. The number of aryl methyl sites for hydroxylation is 2. The van der Waals surface area contributed by atoms with Gasteiger partial charge in [-0.3, -0.25) is 0 Å². The summed E-state index contributed by atoms with van der Waals surface area (Å²) in [6.07, 6.45) is 8.50. The molecule has 0 radical (unpaired) electrons. The van der Waals surface area contributed by atoms with Gasteiger partial charge in [0, 0.05) is 18.9 Å². The highest BCUT2D eigenvalue weighted by Crippen LogP contribution is 2.51. The molecule has 3 aliphatic carbocycles. The number of aliphatic hydroxyl groups is 1. The Hall–Kier alpha value is -2.43. The monoisotopic (exact) mass is 429 g/mol. The van der Waals surface area contributed by atoms with E-state index in [1.807, 2.05) is 12.1 Å². The summed E-state index contributed by atoms with van der Waals surface area (Å²) in [6, 6.07) is 17.1. The lowest BCUT2D eigenvalue weighted by atomic mass is 9.61. The summed E-state index contributed by atoms with van der Waals surface area (Å²) in [5.74, 6) is 1.84. The second-order valence-electron chi connectivity index (χ2n) is 10.0. The van der Waals surface area contributed by atoms with Crippen LogP contribution in [0.1, 0.15) is 49.1 Å². The molecule has 1 heterocycles. The molecule has 4 heteroatoms. The summed E-state index contributed by atoms with van der Waals surface area (Å²) >= 11 is 0. The standard InChI is InChI=1S/C28H35N3O/c1-20-9-11-21(12-10-20)24-18-23-14-13-22(24)19-28(23,32)15-17-31(2)16-5-8-27-29-25-6-3-4-7-26(25)30-27/h3-4,6-7,9-12,18,22-23,32H,5,8,13-17,19H2,1-2H3,(H,29,30)/t22-,23+,28+/m1/s1. The molecule has 168 valence electrons. The predicted octanol–water partition coefficient (Wildman–Crippen LogP) is 5.37. The highest BCUT2D eigenvalue weighted by atomic mass is 16.3. The van der Waals surface area contributed by atoms with Gasteiger partial charge in [-0.05, 0) is 81.8 Å². The number of imidazole rings is 1. The molecule has 1 saturated carbocycles. The second-order valence-corrected chi connectivity index (χ2v) is 10.0. The van der Waals surface area contributed by atoms with Gasteiger partial charge in [-0.25, -0.2) is 4.98 Å². The number of allylic oxidation sites excluding steroid dienone is 1. The number of hydrogen-bond donors (Lipinski definition) is 2. The van der Waals surface area contributed by atoms with Gasteiger partial charge in [0.1, 0.15) is 5.82 Å². The van der Waals surface area contributed by atoms with Crippen LogP contribution in [0.25, 0.3) is 16.6 Å². The maximum Gasteiger partial charge on any atom is 0.107 e. The number of benzene rings is 2. The zero-order valence-electron chi connectivity index (χ0n) is 19.3. The van der Waals surface area contributed by atoms with Gasteiger partial charge in [0.05, 0.1) is 16.6 Å². The van der Waals surface area contributed by atoms with E-state index in [-0.39, 0.29) is 5.92 Å². The minimum Gasteiger partial charge on any atom is -0.389 e. The molecule has 3 aliphatic rings. The average Bonchev–Trinajstić information content (AvgIpc) is 3.21. The van der Waals surface area contributed by atoms with E-state index >= 15 is 0 Å². The molecule has 32 heavy (non-hydrogen) atoms. The third-order valence-corrected chi connectivity index (χ3v) is 7.64. The van der Waals surface area contributed by atoms with Crippen molar-refractivity contribution < 1.29 is 5.11 Å². The molecule has 0 unspecified atom stereocenters. The summed E-state index contributed by atoms with van der Waals surface area (Å²) in [5.41, 5.74) is 5.71. The molecule has 1 aromatic heterocycles. The lowest BCUT2D eigenvalue weighted by Crippen LogP contribution is -2.48. The van der Waals surface area contributed by atoms with E-state index in [4.69, 9.17) is 0 Å². The molecule has 3 atom stereocenters. The number of fused-ring (bicyclic) bond motifs is 3. The normalized spacial score (nSPS) is 24.9. The van der Waals surface area contributed by atoms with E-state index in [2.05, 4.69) is 71.3 Å². The van der Waals surface area contributed by atoms with Crippen LogP contribution in [0.3, 0.4) is 0 Å². The highest BCUT2D eigenvalue weighted by Gasteiger charge is 2.46. The zero-order chi connectivity index (χ0) is 22.1. The topological polar surface area (TPSA) is 52.1 Å². The van der Waals surface area contributed by atoms with Gasteiger partial charge in [-0.1, -0.05) is 48.0 Å². The Bertz CT molecular complexity index is 1070. The summed E-state index contributed by atoms with van der Waals surface area (Å²) in [5, 5.41) is 11.5. The Morgan fingerprint density at radius 3 is 2.66 bits per heavy atom. The smallest absolute Gasteiger partial charge is 0.107 e. The van der Waals surface area contributed by atoms with E-state index in [9.17, 15) is 5.11 Å². The Balaban J connectivity index is 1.14. The summed E-state index contributed by atoms with van der Waals surface area (Å²) in [7, 11) is 2.18. The van der Waals surface area contributed by atoms with Crippen molar-refractivity contribution in [3.05, 3.63) is 71.6 Å². The maximum absolute atomic E-state index is 11.5. The van der Waals surface area contributed by atoms with Gasteiger partial charge in [0.2, 0.25) is 0 Å². The molecule has 0 aliphatic heterocycles. The van der Waals surface area contributed by atoms with Crippen LogP contribution in [0, 0.1) is 18.8 Å². The molecular weight excluding hydrogens is 394 g/mol. The molecule has 6 rings (SSSR count). The van der Waals surface area contributed by atoms with Gasteiger partial charge < -0.3 is 15.0 Å². The van der Waals surface area contributed by atoms with Gasteiger partial charge in [-0.2, -0.15) is 0 Å². The van der Waals surface area contributed by atoms with Crippen molar-refractivity contribution in [3.8, 4) is 0 Å². The first-order valence-electron chi connectivity index (χ1n) is 12.1. The first-order chi connectivity index (χ1) is 15.5. The summed E-state index contributed by atoms with van der Waals surface area (Å²) in [4.78, 5) is 10.5. The molecule has 0 saturated heterocycles. The van der Waals surface area contributed by atoms with Crippen molar-refractivity contribution in [2.75, 3.05) is 20.1 Å². The maximum atomic E-state index is 11.5. The van der Waals surface area contributed by atoms with Crippen LogP contribution in [0.5, 0.6) is 0 Å². The molecule has 0 amide bonds. The van der Waals surface area contributed by atoms with Gasteiger partial charge in [-0.15, -0.1) is 0 Å². The molecule has 3 aromatic rings. The first-order valence-corrected chi connectivity index (χ1v) is 12.1. The van der Waals surface area contributed by atoms with Gasteiger partial charge in [0.25, 0.3) is 0 Å². The van der Waals surface area contributed by atoms with E-state index < -0.39 is 5.60 Å². The summed E-state index contributed by atoms with van der Waals surface area (Å²) < 4.78 is 0. The first kappa shape index (κ1) is 21.4. The lowest BCUT2D eigenvalue weighted by Gasteiger charge is -2.48. The minimum atomic E-state index is -0.551. The van der Waals surface area contributed by atoms with E-state index in [1.165, 1.54) is 23.1 Å². The number of aromatic amines is 1. The number of hydrogen-bond acceptors (Lipinski definition) is 3. The Morgan fingerprint density at radius 1 is 1.09 bits per heavy atom. The van der Waals surface area contributed by atoms with Crippen LogP contribution in [0.2, 0.25) is 0 Å². The van der Waals surface area contributed by atoms with Gasteiger partial charge >= 0.3 is 0 Å². The largest absolute Gasteiger partial charge is 0.389 e. The van der Waals surface area contributed by atoms with Crippen LogP contribution in [0.15, 0.2) is 54.6 Å². The van der Waals surface area contributed by atoms with Gasteiger partial charge in [0.15, 0.2) is 0 Å². The highest BCUT2D eigenvalue weighted by molar-refractivity contribution is 5.74. The molecule has 2 N–H and O–H groups in total. The SMILES string of the molecule is Cc1ccc(C2=C[C@@H]3CC[C@@H]2C[C@@]3(O)CCN(C)CCCc2nc3ccccc3[nH]2)cc1. The van der Waals surface area contributed by atoms with Crippen molar-refractivity contribution in [2.45, 2.75) is 51.0 Å². The number of nitrogens with one attached hydrogen (secondary N) is 1. The average molecular weight is 430 g/mol. The van der Waals surface area contributed by atoms with Crippen molar-refractivity contribution in [1.82, 2.24) is 14.9 Å². The van der Waals surface area contributed by atoms with Crippen molar-refractivity contribution in [2.24, 2.45) is 11.8 Å². The van der Waals surface area contributed by atoms with E-state index in [0.29, 0.717) is 5.92 Å². The van der Waals surface area contributed by atoms with Crippen LogP contribution >= 0.6 is 0 Å². The van der Waals surface area contributed by atoms with Crippen molar-refractivity contribution in [1.29, 1.82) is 0 Å². The summed E-state index contributed by atoms with van der Waals surface area (Å²) in [6.45, 7) is 4.09. The second kappa shape index (κ2) is 8.84. The fraction of sp³-hybridized carbons (Fsp3) is 0.464. The molecule has 0 spiro atoms. The van der Waals surface area contributed by atoms with Crippen molar-refractivity contribution in [3.63, 3.8) is 0 Å². The Labute approximate surface area is 191 Å². The fourth-order valence-corrected chi connectivity index (χ4v) is 5.69. The van der Waals surface area contributed by atoms with Crippen molar-refractivity contribution >= 4 is 16.6 Å². The van der Waals surface area contributed by atoms with E-state index in [0.717, 1.165) is 62.1 Å². The molecule has 2 aromatic carbocycles. The predicted molar refractivity (Wildman–Crippen MR) is 131 cm³/mol. The molecule has 2 bridgehead atoms. The number of para-hydroxylation sites is 2. The zero-order valence-corrected chi connectivity index (χ0v) is 19.3. The third kappa shape index (κ3) is 4.39. The molecular formula is C28H35N3O. The van der Waals surface area contributed by atoms with E-state index in [1.54, 1.807) is 0 Å². The minimum absolute atomic E-state index is 0.285. The Kier molecular flexibility index (Phi) is 5.92. The third-order valence-electron chi connectivity index (χ3n) is 7.64. The number of aromatic nitrogens is 2. The fourth-order valence-electron chi connectivity index (χ4n) is 5.69. The molecule has 4 nitrogen and oxygen atoms in total. The molecule has 1 fully saturated rings. The Morgan fingerprint density at radius 2 is 1.91 bits per heavy atom. The quantitative estimate of drug-likeness (QED) is 0.506.